The Labute approximate surface area is 171 Å². The Balaban J connectivity index is 1.20. The number of hydrogen-bond acceptors (Lipinski definition) is 7. The molecule has 4 N–H and O–H groups in total. The highest BCUT2D eigenvalue weighted by atomic mass is 32.1. The van der Waals surface area contributed by atoms with Gasteiger partial charge in [-0.2, -0.15) is 0 Å². The van der Waals surface area contributed by atoms with E-state index < -0.39 is 23.9 Å². The lowest BCUT2D eigenvalue weighted by Crippen LogP contribution is -2.53. The Morgan fingerprint density at radius 2 is 1.90 bits per heavy atom. The molecule has 30 heavy (non-hydrogen) atoms. The number of hydrogen-bond donors (Lipinski definition) is 4. The fourth-order valence-electron chi connectivity index (χ4n) is 3.88. The number of aromatic nitrogens is 1. The highest BCUT2D eigenvalue weighted by molar-refractivity contribution is 7.22. The summed E-state index contributed by atoms with van der Waals surface area (Å²) < 4.78 is 35.6. The number of carbonyl (C=O) groups excluding carboxylic acids is 3. The van der Waals surface area contributed by atoms with Gasteiger partial charge < -0.3 is 20.1 Å². The normalized spacial score (nSPS) is 26.5. The van der Waals surface area contributed by atoms with E-state index in [1.807, 2.05) is 0 Å². The summed E-state index contributed by atoms with van der Waals surface area (Å²) in [7, 11) is 0. The molecule has 1 aliphatic carbocycles. The zero-order valence-electron chi connectivity index (χ0n) is 15.2. The number of amides is 5. The second kappa shape index (κ2) is 6.39. The van der Waals surface area contributed by atoms with E-state index in [9.17, 15) is 23.2 Å². The SMILES string of the molecule is O=C(Nc1nc2cc3c(cc2s1)OC(F)(F)O3)NC1CCC2(CC1)NC(=O)NC2=O. The molecule has 3 heterocycles. The number of rotatable bonds is 2. The molecule has 0 atom stereocenters. The molecule has 1 aromatic heterocycles. The second-order valence-electron chi connectivity index (χ2n) is 7.32. The highest BCUT2D eigenvalue weighted by Crippen LogP contribution is 2.44. The van der Waals surface area contributed by atoms with Crippen molar-refractivity contribution in [2.45, 2.75) is 43.6 Å². The average Bonchev–Trinajstić information content (AvgIpc) is 3.25. The number of alkyl halides is 2. The maximum atomic E-state index is 13.1. The van der Waals surface area contributed by atoms with E-state index in [0.29, 0.717) is 35.9 Å². The average molecular weight is 439 g/mol. The summed E-state index contributed by atoms with van der Waals surface area (Å²) in [5, 5.41) is 10.6. The minimum absolute atomic E-state index is 0.0914. The maximum Gasteiger partial charge on any atom is 0.586 e. The first kappa shape index (κ1) is 18.8. The number of halogens is 2. The Morgan fingerprint density at radius 1 is 1.20 bits per heavy atom. The summed E-state index contributed by atoms with van der Waals surface area (Å²) in [4.78, 5) is 39.9. The quantitative estimate of drug-likeness (QED) is 0.531. The van der Waals surface area contributed by atoms with E-state index in [0.717, 1.165) is 11.3 Å². The minimum atomic E-state index is -3.70. The number of carbonyl (C=O) groups is 3. The Kier molecular flexibility index (Phi) is 4.00. The number of imide groups is 1. The molecule has 2 aliphatic heterocycles. The van der Waals surface area contributed by atoms with Crippen LogP contribution in [-0.2, 0) is 4.79 Å². The van der Waals surface area contributed by atoms with Gasteiger partial charge >= 0.3 is 18.4 Å². The third kappa shape index (κ3) is 3.24. The zero-order valence-corrected chi connectivity index (χ0v) is 16.0. The molecule has 3 aliphatic rings. The van der Waals surface area contributed by atoms with Crippen LogP contribution in [0.5, 0.6) is 11.5 Å². The van der Waals surface area contributed by atoms with E-state index in [2.05, 4.69) is 35.7 Å². The van der Waals surface area contributed by atoms with Crippen LogP contribution in [0.4, 0.5) is 23.5 Å². The lowest BCUT2D eigenvalue weighted by Gasteiger charge is -2.34. The van der Waals surface area contributed by atoms with Gasteiger partial charge in [-0.3, -0.25) is 15.4 Å². The van der Waals surface area contributed by atoms with Crippen LogP contribution >= 0.6 is 11.3 Å². The van der Waals surface area contributed by atoms with Gasteiger partial charge in [-0.25, -0.2) is 14.6 Å². The van der Waals surface area contributed by atoms with Gasteiger partial charge in [0, 0.05) is 18.2 Å². The first-order valence-electron chi connectivity index (χ1n) is 9.13. The minimum Gasteiger partial charge on any atom is -0.395 e. The smallest absolute Gasteiger partial charge is 0.395 e. The number of ether oxygens (including phenoxy) is 2. The summed E-state index contributed by atoms with van der Waals surface area (Å²) in [5.41, 5.74) is -0.502. The molecule has 1 spiro atoms. The molecule has 0 bridgehead atoms. The fraction of sp³-hybridized carbons (Fsp3) is 0.412. The first-order chi connectivity index (χ1) is 14.2. The largest absolute Gasteiger partial charge is 0.586 e. The summed E-state index contributed by atoms with van der Waals surface area (Å²) in [6, 6.07) is 1.58. The van der Waals surface area contributed by atoms with Crippen LogP contribution in [0.25, 0.3) is 10.2 Å². The summed E-state index contributed by atoms with van der Waals surface area (Å²) >= 11 is 1.11. The van der Waals surface area contributed by atoms with Crippen molar-refractivity contribution in [3.8, 4) is 11.5 Å². The molecule has 5 amide bonds. The lowest BCUT2D eigenvalue weighted by molar-refractivity contribution is -0.286. The van der Waals surface area contributed by atoms with E-state index in [1.54, 1.807) is 0 Å². The predicted octanol–water partition coefficient (Wildman–Crippen LogP) is 2.26. The number of nitrogens with zero attached hydrogens (tertiary/aromatic N) is 1. The third-order valence-electron chi connectivity index (χ3n) is 5.32. The topological polar surface area (TPSA) is 131 Å². The summed E-state index contributed by atoms with van der Waals surface area (Å²) in [5.74, 6) is -0.540. The second-order valence-corrected chi connectivity index (χ2v) is 8.35. The van der Waals surface area contributed by atoms with E-state index in [1.165, 1.54) is 12.1 Å². The van der Waals surface area contributed by atoms with Gasteiger partial charge in [0.05, 0.1) is 10.2 Å². The Bertz CT molecular complexity index is 1040. The van der Waals surface area contributed by atoms with Crippen LogP contribution in [-0.4, -0.2) is 40.8 Å². The number of thiazole rings is 1. The van der Waals surface area contributed by atoms with Crippen molar-refractivity contribution in [2.75, 3.05) is 5.32 Å². The van der Waals surface area contributed by atoms with Gasteiger partial charge in [0.1, 0.15) is 5.54 Å². The van der Waals surface area contributed by atoms with E-state index >= 15 is 0 Å². The van der Waals surface area contributed by atoms with Gasteiger partial charge in [0.25, 0.3) is 5.91 Å². The predicted molar refractivity (Wildman–Crippen MR) is 99.6 cm³/mol. The summed E-state index contributed by atoms with van der Waals surface area (Å²) in [6.45, 7) is 0. The molecule has 0 unspecified atom stereocenters. The molecule has 1 saturated heterocycles. The molecule has 2 aromatic rings. The number of fused-ring (bicyclic) bond motifs is 2. The van der Waals surface area contributed by atoms with Gasteiger partial charge in [-0.15, -0.1) is 8.78 Å². The van der Waals surface area contributed by atoms with Gasteiger partial charge in [0.2, 0.25) is 0 Å². The molecule has 158 valence electrons. The highest BCUT2D eigenvalue weighted by Gasteiger charge is 2.48. The van der Waals surface area contributed by atoms with Crippen LogP contribution in [0.2, 0.25) is 0 Å². The van der Waals surface area contributed by atoms with Crippen molar-refractivity contribution in [3.05, 3.63) is 12.1 Å². The van der Waals surface area contributed by atoms with Crippen molar-refractivity contribution >= 4 is 44.7 Å². The van der Waals surface area contributed by atoms with Crippen molar-refractivity contribution in [1.82, 2.24) is 20.9 Å². The monoisotopic (exact) mass is 439 g/mol. The molecule has 10 nitrogen and oxygen atoms in total. The van der Waals surface area contributed by atoms with Crippen LogP contribution in [0.15, 0.2) is 12.1 Å². The van der Waals surface area contributed by atoms with Gasteiger partial charge in [-0.1, -0.05) is 11.3 Å². The third-order valence-corrected chi connectivity index (χ3v) is 6.25. The molecule has 0 radical (unpaired) electrons. The molecule has 2 fully saturated rings. The Morgan fingerprint density at radius 3 is 2.57 bits per heavy atom. The van der Waals surface area contributed by atoms with Crippen molar-refractivity contribution in [3.63, 3.8) is 0 Å². The van der Waals surface area contributed by atoms with Crippen molar-refractivity contribution in [1.29, 1.82) is 0 Å². The van der Waals surface area contributed by atoms with Crippen LogP contribution in [0.3, 0.4) is 0 Å². The molecular formula is C17H15F2N5O5S. The van der Waals surface area contributed by atoms with Crippen LogP contribution < -0.4 is 30.7 Å². The van der Waals surface area contributed by atoms with Crippen molar-refractivity contribution in [2.24, 2.45) is 0 Å². The molecule has 5 rings (SSSR count). The number of benzene rings is 1. The summed E-state index contributed by atoms with van der Waals surface area (Å²) in [6.07, 6.45) is -1.81. The first-order valence-corrected chi connectivity index (χ1v) is 9.95. The molecule has 1 saturated carbocycles. The molecule has 1 aromatic carbocycles. The maximum absolute atomic E-state index is 13.1. The van der Waals surface area contributed by atoms with Crippen molar-refractivity contribution < 1.29 is 32.6 Å². The standard InChI is InChI=1S/C17H15F2N5O5S/c18-17(19)28-9-5-8-11(6-10(9)29-17)30-15(21-8)23-13(26)20-7-1-3-16(4-2-7)12(25)22-14(27)24-16/h5-7H,1-4H2,(H2,20,21,23,26)(H2,22,24,25,27). The molecule has 13 heteroatoms. The van der Waals surface area contributed by atoms with Gasteiger partial charge in [0.15, 0.2) is 16.6 Å². The van der Waals surface area contributed by atoms with E-state index in [4.69, 9.17) is 0 Å². The number of nitrogens with one attached hydrogen (secondary N) is 4. The zero-order chi connectivity index (χ0) is 21.1. The Hall–Kier alpha value is -3.22. The fourth-order valence-corrected chi connectivity index (χ4v) is 4.75. The van der Waals surface area contributed by atoms with E-state index in [-0.39, 0.29) is 28.6 Å². The number of urea groups is 2. The van der Waals surface area contributed by atoms with Crippen LogP contribution in [0.1, 0.15) is 25.7 Å². The van der Waals surface area contributed by atoms with Crippen LogP contribution in [0, 0.1) is 0 Å². The lowest BCUT2D eigenvalue weighted by atomic mass is 9.79. The number of anilines is 1. The molecular weight excluding hydrogens is 424 g/mol. The van der Waals surface area contributed by atoms with Gasteiger partial charge in [-0.05, 0) is 25.7 Å².